The van der Waals surface area contributed by atoms with Gasteiger partial charge in [-0.1, -0.05) is 55.0 Å². The lowest BCUT2D eigenvalue weighted by Gasteiger charge is -2.32. The molecule has 1 heterocycles. The van der Waals surface area contributed by atoms with Crippen LogP contribution in [0.5, 0.6) is 0 Å². The molecule has 1 aliphatic heterocycles. The highest BCUT2D eigenvalue weighted by molar-refractivity contribution is 7.89. The molecular formula is C20H24N2O3S. The zero-order valence-electron chi connectivity index (χ0n) is 14.7. The lowest BCUT2D eigenvalue weighted by Crippen LogP contribution is -2.39. The van der Waals surface area contributed by atoms with Crippen LogP contribution in [0.3, 0.4) is 0 Å². The first-order valence-corrected chi connectivity index (χ1v) is 10.4. The molecule has 0 radical (unpaired) electrons. The second-order valence-electron chi connectivity index (χ2n) is 6.47. The van der Waals surface area contributed by atoms with Crippen LogP contribution in [-0.4, -0.2) is 31.7 Å². The van der Waals surface area contributed by atoms with Crippen molar-refractivity contribution in [2.45, 2.75) is 36.6 Å². The number of amides is 1. The van der Waals surface area contributed by atoms with E-state index in [-0.39, 0.29) is 17.2 Å². The van der Waals surface area contributed by atoms with Crippen LogP contribution in [0.25, 0.3) is 0 Å². The molecule has 1 amide bonds. The Morgan fingerprint density at radius 3 is 2.23 bits per heavy atom. The first kappa shape index (κ1) is 18.6. The van der Waals surface area contributed by atoms with Gasteiger partial charge in [0.15, 0.2) is 0 Å². The van der Waals surface area contributed by atoms with Gasteiger partial charge in [-0.2, -0.15) is 4.31 Å². The van der Waals surface area contributed by atoms with Gasteiger partial charge in [0, 0.05) is 19.5 Å². The van der Waals surface area contributed by atoms with Crippen molar-refractivity contribution in [1.29, 1.82) is 0 Å². The van der Waals surface area contributed by atoms with Gasteiger partial charge in [-0.3, -0.25) is 4.79 Å². The maximum atomic E-state index is 13.3. The second-order valence-corrected chi connectivity index (χ2v) is 8.36. The van der Waals surface area contributed by atoms with Crippen molar-refractivity contribution in [3.05, 3.63) is 66.2 Å². The molecule has 1 atom stereocenters. The van der Waals surface area contributed by atoms with Gasteiger partial charge in [-0.05, 0) is 30.5 Å². The number of hydrogen-bond acceptors (Lipinski definition) is 3. The molecule has 2 aromatic carbocycles. The minimum atomic E-state index is -3.70. The lowest BCUT2D eigenvalue weighted by atomic mass is 10.0. The predicted molar refractivity (Wildman–Crippen MR) is 101 cm³/mol. The summed E-state index contributed by atoms with van der Waals surface area (Å²) in [6.45, 7) is 1.05. The van der Waals surface area contributed by atoms with Crippen LogP contribution in [0.4, 0.5) is 0 Å². The van der Waals surface area contributed by atoms with E-state index in [4.69, 9.17) is 0 Å². The van der Waals surface area contributed by atoms with E-state index in [1.807, 2.05) is 30.3 Å². The zero-order chi connectivity index (χ0) is 18.4. The van der Waals surface area contributed by atoms with Gasteiger partial charge in [-0.15, -0.1) is 0 Å². The van der Waals surface area contributed by atoms with Crippen LogP contribution in [-0.2, 0) is 14.8 Å². The maximum Gasteiger partial charge on any atom is 0.243 e. The molecule has 1 saturated heterocycles. The SMILES string of the molecule is O=C1C[C@@H](c2ccccc2)N(S(=O)(=O)c2ccccc2)CCCCCN1. The molecular weight excluding hydrogens is 348 g/mol. The standard InChI is InChI=1S/C20H24N2O3S/c23-20-16-19(17-10-4-1-5-11-17)22(15-9-3-8-14-21-20)26(24,25)18-12-6-2-7-13-18/h1-2,4-7,10-13,19H,3,8-9,14-16H2,(H,21,23)/t19-/m0/s1. The van der Waals surface area contributed by atoms with E-state index in [0.717, 1.165) is 24.8 Å². The monoisotopic (exact) mass is 372 g/mol. The van der Waals surface area contributed by atoms with E-state index in [1.165, 1.54) is 4.31 Å². The van der Waals surface area contributed by atoms with E-state index < -0.39 is 16.1 Å². The Balaban J connectivity index is 2.04. The van der Waals surface area contributed by atoms with Crippen molar-refractivity contribution in [2.75, 3.05) is 13.1 Å². The summed E-state index contributed by atoms with van der Waals surface area (Å²) >= 11 is 0. The van der Waals surface area contributed by atoms with Crippen LogP contribution in [0, 0.1) is 0 Å². The van der Waals surface area contributed by atoms with Crippen LogP contribution in [0.1, 0.15) is 37.3 Å². The zero-order valence-corrected chi connectivity index (χ0v) is 15.5. The Kier molecular flexibility index (Phi) is 6.06. The Labute approximate surface area is 155 Å². The molecule has 3 rings (SSSR count). The molecule has 138 valence electrons. The molecule has 1 fully saturated rings. The topological polar surface area (TPSA) is 66.5 Å². The highest BCUT2D eigenvalue weighted by atomic mass is 32.2. The van der Waals surface area contributed by atoms with Gasteiger partial charge in [0.05, 0.1) is 10.9 Å². The fourth-order valence-corrected chi connectivity index (χ4v) is 4.95. The molecule has 0 aliphatic carbocycles. The molecule has 2 aromatic rings. The summed E-state index contributed by atoms with van der Waals surface area (Å²) in [5, 5.41) is 2.90. The maximum absolute atomic E-state index is 13.3. The Bertz CT molecular complexity index is 823. The summed E-state index contributed by atoms with van der Waals surface area (Å²) in [5.74, 6) is -0.117. The molecule has 6 heteroatoms. The molecule has 26 heavy (non-hydrogen) atoms. The molecule has 0 aromatic heterocycles. The van der Waals surface area contributed by atoms with Gasteiger partial charge in [0.1, 0.15) is 0 Å². The second kappa shape index (κ2) is 8.47. The Morgan fingerprint density at radius 1 is 0.885 bits per heavy atom. The third kappa shape index (κ3) is 4.31. The fraction of sp³-hybridized carbons (Fsp3) is 0.350. The smallest absolute Gasteiger partial charge is 0.243 e. The number of sulfonamides is 1. The van der Waals surface area contributed by atoms with Gasteiger partial charge in [0.25, 0.3) is 0 Å². The highest BCUT2D eigenvalue weighted by Gasteiger charge is 2.33. The first-order valence-electron chi connectivity index (χ1n) is 8.97. The highest BCUT2D eigenvalue weighted by Crippen LogP contribution is 2.31. The van der Waals surface area contributed by atoms with Crippen molar-refractivity contribution in [2.24, 2.45) is 0 Å². The van der Waals surface area contributed by atoms with Crippen molar-refractivity contribution in [3.63, 3.8) is 0 Å². The molecule has 1 aliphatic rings. The normalized spacial score (nSPS) is 20.3. The van der Waals surface area contributed by atoms with Gasteiger partial charge < -0.3 is 5.32 Å². The Hall–Kier alpha value is -2.18. The van der Waals surface area contributed by atoms with E-state index in [2.05, 4.69) is 5.32 Å². The summed E-state index contributed by atoms with van der Waals surface area (Å²) in [5.41, 5.74) is 0.836. The predicted octanol–water partition coefficient (Wildman–Crippen LogP) is 3.11. The minimum Gasteiger partial charge on any atom is -0.356 e. The number of nitrogens with zero attached hydrogens (tertiary/aromatic N) is 1. The number of carbonyl (C=O) groups is 1. The van der Waals surface area contributed by atoms with Crippen molar-refractivity contribution < 1.29 is 13.2 Å². The average Bonchev–Trinajstić information content (AvgIpc) is 2.67. The number of carbonyl (C=O) groups excluding carboxylic acids is 1. The summed E-state index contributed by atoms with van der Waals surface area (Å²) < 4.78 is 28.2. The van der Waals surface area contributed by atoms with E-state index in [9.17, 15) is 13.2 Å². The van der Waals surface area contributed by atoms with Crippen LogP contribution in [0.2, 0.25) is 0 Å². The first-order chi connectivity index (χ1) is 12.6. The largest absolute Gasteiger partial charge is 0.356 e. The molecule has 0 unspecified atom stereocenters. The summed E-state index contributed by atoms with van der Waals surface area (Å²) in [7, 11) is -3.70. The number of rotatable bonds is 3. The summed E-state index contributed by atoms with van der Waals surface area (Å²) in [6.07, 6.45) is 2.63. The average molecular weight is 372 g/mol. The number of hydrogen-bond donors (Lipinski definition) is 1. The molecule has 1 N–H and O–H groups in total. The van der Waals surface area contributed by atoms with Crippen molar-refractivity contribution >= 4 is 15.9 Å². The minimum absolute atomic E-state index is 0.117. The van der Waals surface area contributed by atoms with Crippen molar-refractivity contribution in [3.8, 4) is 0 Å². The molecule has 0 spiro atoms. The number of nitrogens with one attached hydrogen (secondary N) is 1. The van der Waals surface area contributed by atoms with E-state index >= 15 is 0 Å². The van der Waals surface area contributed by atoms with Crippen LogP contribution >= 0.6 is 0 Å². The lowest BCUT2D eigenvalue weighted by molar-refractivity contribution is -0.122. The van der Waals surface area contributed by atoms with Crippen LogP contribution in [0.15, 0.2) is 65.6 Å². The molecule has 5 nitrogen and oxygen atoms in total. The quantitative estimate of drug-likeness (QED) is 0.900. The van der Waals surface area contributed by atoms with Gasteiger partial charge >= 0.3 is 0 Å². The van der Waals surface area contributed by atoms with Crippen LogP contribution < -0.4 is 5.32 Å². The fourth-order valence-electron chi connectivity index (χ4n) is 3.28. The summed E-state index contributed by atoms with van der Waals surface area (Å²) in [6, 6.07) is 17.3. The van der Waals surface area contributed by atoms with E-state index in [0.29, 0.717) is 13.1 Å². The molecule has 0 bridgehead atoms. The Morgan fingerprint density at radius 2 is 1.54 bits per heavy atom. The van der Waals surface area contributed by atoms with E-state index in [1.54, 1.807) is 30.3 Å². The molecule has 0 saturated carbocycles. The summed E-state index contributed by atoms with van der Waals surface area (Å²) in [4.78, 5) is 12.6. The van der Waals surface area contributed by atoms with Gasteiger partial charge in [0.2, 0.25) is 15.9 Å². The third-order valence-electron chi connectivity index (χ3n) is 4.64. The van der Waals surface area contributed by atoms with Crippen molar-refractivity contribution in [1.82, 2.24) is 9.62 Å². The number of benzene rings is 2. The third-order valence-corrected chi connectivity index (χ3v) is 6.56. The van der Waals surface area contributed by atoms with Gasteiger partial charge in [-0.25, -0.2) is 8.42 Å².